The maximum Gasteiger partial charge on any atom is 0.119 e. The van der Waals surface area contributed by atoms with Gasteiger partial charge in [0.2, 0.25) is 0 Å². The van der Waals surface area contributed by atoms with Gasteiger partial charge in [-0.2, -0.15) is 0 Å². The lowest BCUT2D eigenvalue weighted by Gasteiger charge is -2.21. The van der Waals surface area contributed by atoms with E-state index in [0.29, 0.717) is 6.04 Å². The Labute approximate surface area is 121 Å². The Morgan fingerprint density at radius 3 is 2.10 bits per heavy atom. The number of aryl methyl sites for hydroxylation is 1. The molecule has 0 saturated carbocycles. The van der Waals surface area contributed by atoms with Crippen molar-refractivity contribution in [2.45, 2.75) is 32.9 Å². The second-order valence-corrected chi connectivity index (χ2v) is 5.30. The first-order valence-corrected chi connectivity index (χ1v) is 7.06. The Morgan fingerprint density at radius 1 is 0.900 bits per heavy atom. The summed E-state index contributed by atoms with van der Waals surface area (Å²) in [7, 11) is 1.70. The van der Waals surface area contributed by atoms with E-state index in [1.54, 1.807) is 7.11 Å². The normalized spacial score (nSPS) is 13.8. The molecule has 20 heavy (non-hydrogen) atoms. The Morgan fingerprint density at radius 2 is 1.50 bits per heavy atom. The van der Waals surface area contributed by atoms with Crippen LogP contribution < -0.4 is 10.1 Å². The van der Waals surface area contributed by atoms with Gasteiger partial charge >= 0.3 is 0 Å². The van der Waals surface area contributed by atoms with Gasteiger partial charge in [0, 0.05) is 12.1 Å². The monoisotopic (exact) mass is 269 g/mol. The first-order valence-electron chi connectivity index (χ1n) is 7.06. The van der Waals surface area contributed by atoms with E-state index in [1.165, 1.54) is 16.7 Å². The molecule has 0 aliphatic rings. The number of rotatable bonds is 5. The summed E-state index contributed by atoms with van der Waals surface area (Å²) in [5.41, 5.74) is 3.86. The van der Waals surface area contributed by atoms with Crippen molar-refractivity contribution in [2.24, 2.45) is 0 Å². The highest BCUT2D eigenvalue weighted by atomic mass is 16.5. The third-order valence-corrected chi connectivity index (χ3v) is 3.64. The van der Waals surface area contributed by atoms with Crippen LogP contribution in [0.4, 0.5) is 0 Å². The molecule has 0 aromatic heterocycles. The Kier molecular flexibility index (Phi) is 4.80. The van der Waals surface area contributed by atoms with Gasteiger partial charge in [-0.15, -0.1) is 0 Å². The molecule has 0 radical (unpaired) electrons. The molecule has 2 rings (SSSR count). The Balaban J connectivity index is 2.08. The highest BCUT2D eigenvalue weighted by molar-refractivity contribution is 5.31. The first-order chi connectivity index (χ1) is 9.60. The zero-order chi connectivity index (χ0) is 14.5. The fourth-order valence-electron chi connectivity index (χ4n) is 2.42. The molecule has 2 aromatic carbocycles. The molecule has 2 nitrogen and oxygen atoms in total. The third-order valence-electron chi connectivity index (χ3n) is 3.64. The van der Waals surface area contributed by atoms with E-state index in [-0.39, 0.29) is 6.04 Å². The molecule has 0 amide bonds. The average molecular weight is 269 g/mol. The van der Waals surface area contributed by atoms with Gasteiger partial charge in [-0.25, -0.2) is 0 Å². The standard InChI is InChI=1S/C18H23NO/c1-13-7-5-8-16(11-13)14(2)19-15(3)17-9-6-10-18(12-17)20-4/h5-12,14-15,19H,1-4H3/t14?,15-/m1/s1. The molecule has 0 spiro atoms. The van der Waals surface area contributed by atoms with Crippen LogP contribution in [0, 0.1) is 6.92 Å². The first kappa shape index (κ1) is 14.6. The Hall–Kier alpha value is -1.80. The van der Waals surface area contributed by atoms with Crippen molar-refractivity contribution in [3.63, 3.8) is 0 Å². The predicted molar refractivity (Wildman–Crippen MR) is 84.1 cm³/mol. The number of hydrogen-bond acceptors (Lipinski definition) is 2. The zero-order valence-corrected chi connectivity index (χ0v) is 12.7. The van der Waals surface area contributed by atoms with Crippen molar-refractivity contribution in [3.05, 3.63) is 65.2 Å². The van der Waals surface area contributed by atoms with E-state index >= 15 is 0 Å². The average Bonchev–Trinajstić information content (AvgIpc) is 2.47. The minimum absolute atomic E-state index is 0.278. The van der Waals surface area contributed by atoms with E-state index in [1.807, 2.05) is 12.1 Å². The minimum atomic E-state index is 0.278. The summed E-state index contributed by atoms with van der Waals surface area (Å²) in [5.74, 6) is 0.902. The molecule has 0 aliphatic carbocycles. The van der Waals surface area contributed by atoms with Crippen LogP contribution >= 0.6 is 0 Å². The van der Waals surface area contributed by atoms with E-state index in [2.05, 4.69) is 62.5 Å². The van der Waals surface area contributed by atoms with Crippen molar-refractivity contribution in [1.29, 1.82) is 0 Å². The SMILES string of the molecule is COc1cccc([C@@H](C)NC(C)c2cccc(C)c2)c1. The van der Waals surface area contributed by atoms with Gasteiger partial charge in [-0.1, -0.05) is 42.0 Å². The summed E-state index contributed by atoms with van der Waals surface area (Å²) in [6.07, 6.45) is 0. The van der Waals surface area contributed by atoms with Crippen LogP contribution in [0.3, 0.4) is 0 Å². The molecule has 2 heteroatoms. The van der Waals surface area contributed by atoms with Crippen LogP contribution in [-0.4, -0.2) is 7.11 Å². The highest BCUT2D eigenvalue weighted by Gasteiger charge is 2.11. The summed E-state index contributed by atoms with van der Waals surface area (Å²) < 4.78 is 5.28. The van der Waals surface area contributed by atoms with Crippen LogP contribution in [0.15, 0.2) is 48.5 Å². The smallest absolute Gasteiger partial charge is 0.119 e. The van der Waals surface area contributed by atoms with E-state index in [0.717, 1.165) is 5.75 Å². The molecule has 1 unspecified atom stereocenters. The number of ether oxygens (including phenoxy) is 1. The fraction of sp³-hybridized carbons (Fsp3) is 0.333. The number of benzene rings is 2. The minimum Gasteiger partial charge on any atom is -0.497 e. The van der Waals surface area contributed by atoms with E-state index in [4.69, 9.17) is 4.74 Å². The van der Waals surface area contributed by atoms with Crippen molar-refractivity contribution < 1.29 is 4.74 Å². The van der Waals surface area contributed by atoms with Crippen molar-refractivity contribution in [3.8, 4) is 5.75 Å². The van der Waals surface area contributed by atoms with Gasteiger partial charge in [0.25, 0.3) is 0 Å². The highest BCUT2D eigenvalue weighted by Crippen LogP contribution is 2.22. The van der Waals surface area contributed by atoms with Gasteiger partial charge in [0.1, 0.15) is 5.75 Å². The molecule has 0 heterocycles. The molecular weight excluding hydrogens is 246 g/mol. The van der Waals surface area contributed by atoms with Crippen LogP contribution in [0.5, 0.6) is 5.75 Å². The molecule has 106 valence electrons. The second-order valence-electron chi connectivity index (χ2n) is 5.30. The van der Waals surface area contributed by atoms with Crippen LogP contribution in [0.25, 0.3) is 0 Å². The molecule has 1 N–H and O–H groups in total. The lowest BCUT2D eigenvalue weighted by atomic mass is 10.0. The Bertz CT molecular complexity index is 565. The fourth-order valence-corrected chi connectivity index (χ4v) is 2.42. The second kappa shape index (κ2) is 6.58. The predicted octanol–water partition coefficient (Wildman–Crippen LogP) is 4.42. The molecule has 0 aliphatic heterocycles. The number of hydrogen-bond donors (Lipinski definition) is 1. The number of methoxy groups -OCH3 is 1. The summed E-state index contributed by atoms with van der Waals surface area (Å²) in [5, 5.41) is 3.64. The van der Waals surface area contributed by atoms with Crippen LogP contribution in [0.2, 0.25) is 0 Å². The maximum atomic E-state index is 5.28. The quantitative estimate of drug-likeness (QED) is 0.867. The van der Waals surface area contributed by atoms with Gasteiger partial charge < -0.3 is 10.1 Å². The van der Waals surface area contributed by atoms with Gasteiger partial charge in [0.15, 0.2) is 0 Å². The molecule has 0 fully saturated rings. The molecule has 2 aromatic rings. The van der Waals surface area contributed by atoms with Gasteiger partial charge in [0.05, 0.1) is 7.11 Å². The molecular formula is C18H23NO. The summed E-state index contributed by atoms with van der Waals surface area (Å²) in [6, 6.07) is 17.4. The lowest BCUT2D eigenvalue weighted by molar-refractivity contribution is 0.412. The molecule has 2 atom stereocenters. The summed E-state index contributed by atoms with van der Waals surface area (Å²) in [6.45, 7) is 6.51. The molecule has 0 bridgehead atoms. The topological polar surface area (TPSA) is 21.3 Å². The van der Waals surface area contributed by atoms with Crippen molar-refractivity contribution in [2.75, 3.05) is 7.11 Å². The van der Waals surface area contributed by atoms with Crippen molar-refractivity contribution >= 4 is 0 Å². The summed E-state index contributed by atoms with van der Waals surface area (Å²) in [4.78, 5) is 0. The van der Waals surface area contributed by atoms with E-state index < -0.39 is 0 Å². The third kappa shape index (κ3) is 3.61. The van der Waals surface area contributed by atoms with Gasteiger partial charge in [-0.05, 0) is 44.0 Å². The number of nitrogens with one attached hydrogen (secondary N) is 1. The van der Waals surface area contributed by atoms with Crippen molar-refractivity contribution in [1.82, 2.24) is 5.32 Å². The summed E-state index contributed by atoms with van der Waals surface area (Å²) >= 11 is 0. The van der Waals surface area contributed by atoms with E-state index in [9.17, 15) is 0 Å². The van der Waals surface area contributed by atoms with Crippen LogP contribution in [0.1, 0.15) is 42.6 Å². The maximum absolute atomic E-state index is 5.28. The lowest BCUT2D eigenvalue weighted by Crippen LogP contribution is -2.22. The molecule has 0 saturated heterocycles. The van der Waals surface area contributed by atoms with Gasteiger partial charge in [-0.3, -0.25) is 0 Å². The van der Waals surface area contributed by atoms with Crippen LogP contribution in [-0.2, 0) is 0 Å². The zero-order valence-electron chi connectivity index (χ0n) is 12.7. The largest absolute Gasteiger partial charge is 0.497 e.